The smallest absolute Gasteiger partial charge is 0.268 e. The summed E-state index contributed by atoms with van der Waals surface area (Å²) in [5.41, 5.74) is 1.81. The minimum absolute atomic E-state index is 0.0286. The molecule has 2 heterocycles. The molecule has 1 fully saturated rings. The Bertz CT molecular complexity index is 1590. The minimum atomic E-state index is -4.01. The molecule has 0 aliphatic carbocycles. The van der Waals surface area contributed by atoms with Gasteiger partial charge in [0.2, 0.25) is 10.0 Å². The van der Waals surface area contributed by atoms with Crippen molar-refractivity contribution < 1.29 is 16.8 Å². The summed E-state index contributed by atoms with van der Waals surface area (Å²) in [5.74, 6) is -0.0286. The number of benzene rings is 2. The summed E-state index contributed by atoms with van der Waals surface area (Å²) in [6, 6.07) is 13.7. The zero-order chi connectivity index (χ0) is 28.0. The highest BCUT2D eigenvalue weighted by atomic mass is 32.2. The van der Waals surface area contributed by atoms with Crippen LogP contribution in [0, 0.1) is 18.3 Å². The molecule has 0 radical (unpaired) electrons. The molecule has 8 nitrogen and oxygen atoms in total. The van der Waals surface area contributed by atoms with Gasteiger partial charge in [0.15, 0.2) is 5.25 Å². The maximum Gasteiger partial charge on any atom is 0.268 e. The SMILES string of the molecule is Cc1ccc(S(=O)(=O)n2cc(C(C)C3CCCN3)c3cc(C(C#N)S(=O)(=O)N(C)C(C)(C)C)ccc32)cc1. The molecular formula is C28H36N4O4S2. The number of aryl methyl sites for hydroxylation is 1. The molecule has 4 rings (SSSR count). The van der Waals surface area contributed by atoms with Gasteiger partial charge in [-0.3, -0.25) is 0 Å². The number of fused-ring (bicyclic) bond motifs is 1. The van der Waals surface area contributed by atoms with E-state index in [0.29, 0.717) is 16.5 Å². The molecule has 0 saturated carbocycles. The van der Waals surface area contributed by atoms with Crippen LogP contribution < -0.4 is 5.32 Å². The molecule has 3 unspecified atom stereocenters. The second-order valence-electron chi connectivity index (χ2n) is 11.2. The fourth-order valence-electron chi connectivity index (χ4n) is 5.00. The van der Waals surface area contributed by atoms with Gasteiger partial charge in [-0.25, -0.2) is 20.8 Å². The van der Waals surface area contributed by atoms with Crippen LogP contribution in [0.2, 0.25) is 0 Å². The Hall–Kier alpha value is -2.71. The zero-order valence-corrected chi connectivity index (χ0v) is 24.4. The second-order valence-corrected chi connectivity index (χ2v) is 15.0. The highest BCUT2D eigenvalue weighted by Crippen LogP contribution is 2.37. The van der Waals surface area contributed by atoms with Crippen molar-refractivity contribution in [2.75, 3.05) is 13.6 Å². The first kappa shape index (κ1) is 28.3. The number of nitriles is 1. The molecule has 38 heavy (non-hydrogen) atoms. The van der Waals surface area contributed by atoms with E-state index in [1.54, 1.807) is 69.4 Å². The lowest BCUT2D eigenvalue weighted by atomic mass is 9.91. The van der Waals surface area contributed by atoms with Gasteiger partial charge in [0, 0.05) is 30.2 Å². The Balaban J connectivity index is 1.92. The number of hydrogen-bond acceptors (Lipinski definition) is 6. The average Bonchev–Trinajstić information content (AvgIpc) is 3.52. The first-order chi connectivity index (χ1) is 17.7. The van der Waals surface area contributed by atoms with Crippen LogP contribution in [0.25, 0.3) is 10.9 Å². The number of aromatic nitrogens is 1. The third kappa shape index (κ3) is 5.00. The number of sulfonamides is 1. The van der Waals surface area contributed by atoms with Gasteiger partial charge in [0.1, 0.15) is 0 Å². The lowest BCUT2D eigenvalue weighted by molar-refractivity contribution is 0.290. The Kier molecular flexibility index (Phi) is 7.53. The number of rotatable bonds is 7. The first-order valence-electron chi connectivity index (χ1n) is 12.8. The van der Waals surface area contributed by atoms with Crippen molar-refractivity contribution in [1.29, 1.82) is 5.26 Å². The second kappa shape index (κ2) is 10.1. The van der Waals surface area contributed by atoms with Crippen LogP contribution in [0.3, 0.4) is 0 Å². The molecule has 10 heteroatoms. The summed E-state index contributed by atoms with van der Waals surface area (Å²) in [5, 5.41) is 12.7. The summed E-state index contributed by atoms with van der Waals surface area (Å²) >= 11 is 0. The van der Waals surface area contributed by atoms with Gasteiger partial charge in [0.25, 0.3) is 10.0 Å². The van der Waals surface area contributed by atoms with E-state index in [1.807, 2.05) is 13.0 Å². The predicted octanol–water partition coefficient (Wildman–Crippen LogP) is 4.67. The van der Waals surface area contributed by atoms with Gasteiger partial charge in [-0.1, -0.05) is 30.7 Å². The molecule has 1 N–H and O–H groups in total. The normalized spacial score (nSPS) is 18.5. The van der Waals surface area contributed by atoms with Crippen molar-refractivity contribution >= 4 is 30.9 Å². The summed E-state index contributed by atoms with van der Waals surface area (Å²) in [4.78, 5) is 0.173. The van der Waals surface area contributed by atoms with E-state index < -0.39 is 30.8 Å². The standard InChI is InChI=1S/C28H36N4O4S2/c1-19-9-12-22(13-10-19)37(33,34)32-18-24(20(2)25-8-7-15-30-25)23-16-21(11-14-26(23)32)27(17-29)38(35,36)31(6)28(3,4)5/h9-14,16,18,20,25,27,30H,7-8,15H2,1-6H3. The van der Waals surface area contributed by atoms with Crippen molar-refractivity contribution in [1.82, 2.24) is 13.6 Å². The number of hydrogen-bond donors (Lipinski definition) is 1. The Labute approximate surface area is 226 Å². The van der Waals surface area contributed by atoms with E-state index >= 15 is 0 Å². The summed E-state index contributed by atoms with van der Waals surface area (Å²) in [6.45, 7) is 10.2. The molecule has 1 aliphatic rings. The van der Waals surface area contributed by atoms with Crippen LogP contribution >= 0.6 is 0 Å². The Morgan fingerprint density at radius 2 is 1.76 bits per heavy atom. The van der Waals surface area contributed by atoms with E-state index in [0.717, 1.165) is 30.5 Å². The van der Waals surface area contributed by atoms with Crippen LogP contribution in [0.5, 0.6) is 0 Å². The number of nitrogens with zero attached hydrogens (tertiary/aromatic N) is 3. The van der Waals surface area contributed by atoms with Crippen molar-refractivity contribution in [3.63, 3.8) is 0 Å². The fourth-order valence-corrected chi connectivity index (χ4v) is 8.08. The molecule has 1 aliphatic heterocycles. The van der Waals surface area contributed by atoms with E-state index in [2.05, 4.69) is 12.2 Å². The van der Waals surface area contributed by atoms with Crippen molar-refractivity contribution in [3.05, 3.63) is 65.4 Å². The van der Waals surface area contributed by atoms with Gasteiger partial charge < -0.3 is 5.32 Å². The minimum Gasteiger partial charge on any atom is -0.313 e. The van der Waals surface area contributed by atoms with E-state index in [-0.39, 0.29) is 16.9 Å². The van der Waals surface area contributed by atoms with E-state index in [4.69, 9.17) is 0 Å². The largest absolute Gasteiger partial charge is 0.313 e. The lowest BCUT2D eigenvalue weighted by Gasteiger charge is -2.32. The molecule has 204 valence electrons. The van der Waals surface area contributed by atoms with Crippen LogP contribution in [0.4, 0.5) is 0 Å². The monoisotopic (exact) mass is 556 g/mol. The van der Waals surface area contributed by atoms with Gasteiger partial charge in [-0.15, -0.1) is 0 Å². The summed E-state index contributed by atoms with van der Waals surface area (Å²) in [7, 11) is -6.45. The topological polar surface area (TPSA) is 112 Å². The van der Waals surface area contributed by atoms with Gasteiger partial charge >= 0.3 is 0 Å². The predicted molar refractivity (Wildman–Crippen MR) is 150 cm³/mol. The average molecular weight is 557 g/mol. The highest BCUT2D eigenvalue weighted by Gasteiger charge is 2.38. The van der Waals surface area contributed by atoms with E-state index in [1.165, 1.54) is 15.3 Å². The first-order valence-corrected chi connectivity index (χ1v) is 15.7. The van der Waals surface area contributed by atoms with Crippen LogP contribution in [0.15, 0.2) is 53.6 Å². The zero-order valence-electron chi connectivity index (χ0n) is 22.8. The molecule has 0 spiro atoms. The highest BCUT2D eigenvalue weighted by molar-refractivity contribution is 7.90. The van der Waals surface area contributed by atoms with Crippen LogP contribution in [-0.2, 0) is 20.0 Å². The molecule has 3 aromatic rings. The van der Waals surface area contributed by atoms with Crippen LogP contribution in [0.1, 0.15) is 68.4 Å². The fraction of sp³-hybridized carbons (Fsp3) is 0.464. The molecule has 2 aromatic carbocycles. The number of nitrogens with one attached hydrogen (secondary N) is 1. The van der Waals surface area contributed by atoms with Gasteiger partial charge in [-0.2, -0.15) is 9.57 Å². The molecule has 1 aromatic heterocycles. The summed E-state index contributed by atoms with van der Waals surface area (Å²) < 4.78 is 56.9. The van der Waals surface area contributed by atoms with Crippen molar-refractivity contribution in [2.45, 2.75) is 75.1 Å². The van der Waals surface area contributed by atoms with Gasteiger partial charge in [-0.05, 0) is 88.4 Å². The molecule has 0 bridgehead atoms. The Morgan fingerprint density at radius 1 is 1.11 bits per heavy atom. The maximum atomic E-state index is 13.7. The van der Waals surface area contributed by atoms with Gasteiger partial charge in [0.05, 0.1) is 16.5 Å². The molecule has 3 atom stereocenters. The quantitative estimate of drug-likeness (QED) is 0.453. The Morgan fingerprint density at radius 3 is 2.32 bits per heavy atom. The van der Waals surface area contributed by atoms with Crippen molar-refractivity contribution in [2.24, 2.45) is 0 Å². The molecule has 0 amide bonds. The van der Waals surface area contributed by atoms with E-state index in [9.17, 15) is 22.1 Å². The summed E-state index contributed by atoms with van der Waals surface area (Å²) in [6.07, 6.45) is 3.66. The molecular weight excluding hydrogens is 520 g/mol. The lowest BCUT2D eigenvalue weighted by Crippen LogP contribution is -2.44. The van der Waals surface area contributed by atoms with Crippen LogP contribution in [-0.4, -0.2) is 50.3 Å². The molecule has 1 saturated heterocycles. The maximum absolute atomic E-state index is 13.7. The van der Waals surface area contributed by atoms with Crippen molar-refractivity contribution in [3.8, 4) is 6.07 Å². The third-order valence-corrected chi connectivity index (χ3v) is 11.6. The third-order valence-electron chi connectivity index (χ3n) is 7.64.